The Morgan fingerprint density at radius 3 is 2.56 bits per heavy atom. The van der Waals surface area contributed by atoms with Crippen molar-refractivity contribution in [3.8, 4) is 0 Å². The highest BCUT2D eigenvalue weighted by atomic mass is 32.2. The van der Waals surface area contributed by atoms with Crippen molar-refractivity contribution < 1.29 is 13.2 Å². The fraction of sp³-hybridized carbons (Fsp3) is 0.308. The molecule has 0 aliphatic carbocycles. The lowest BCUT2D eigenvalue weighted by atomic mass is 10.1. The number of carbonyl (C=O) groups is 1. The molecule has 1 aromatic carbocycles. The molecule has 0 aliphatic heterocycles. The highest BCUT2D eigenvalue weighted by molar-refractivity contribution is 7.90. The highest BCUT2D eigenvalue weighted by Gasteiger charge is 2.17. The number of nitrogens with one attached hydrogen (secondary N) is 1. The summed E-state index contributed by atoms with van der Waals surface area (Å²) in [7, 11) is -3.76. The van der Waals surface area contributed by atoms with Crippen molar-refractivity contribution in [1.82, 2.24) is 4.72 Å². The van der Waals surface area contributed by atoms with Crippen LogP contribution in [-0.2, 0) is 14.8 Å². The fourth-order valence-corrected chi connectivity index (χ4v) is 2.47. The second-order valence-electron chi connectivity index (χ2n) is 4.10. The van der Waals surface area contributed by atoms with E-state index in [1.165, 1.54) is 6.07 Å². The van der Waals surface area contributed by atoms with Gasteiger partial charge >= 0.3 is 0 Å². The molecule has 0 saturated heterocycles. The van der Waals surface area contributed by atoms with Crippen LogP contribution in [0.3, 0.4) is 0 Å². The van der Waals surface area contributed by atoms with E-state index in [9.17, 15) is 13.2 Å². The van der Waals surface area contributed by atoms with Crippen LogP contribution in [0.5, 0.6) is 0 Å². The number of hydrogen-bond acceptors (Lipinski definition) is 3. The van der Waals surface area contributed by atoms with Gasteiger partial charge in [0.15, 0.2) is 0 Å². The van der Waals surface area contributed by atoms with Crippen LogP contribution in [0.25, 0.3) is 0 Å². The molecule has 0 saturated carbocycles. The number of allylic oxidation sites excluding steroid dienone is 1. The van der Waals surface area contributed by atoms with Gasteiger partial charge in [0, 0.05) is 6.42 Å². The number of sulfonamides is 1. The minimum atomic E-state index is -3.76. The molecule has 1 aromatic rings. The first-order chi connectivity index (χ1) is 8.36. The summed E-state index contributed by atoms with van der Waals surface area (Å²) in [5.41, 5.74) is 1.88. The van der Waals surface area contributed by atoms with Crippen molar-refractivity contribution in [3.63, 3.8) is 0 Å². The third-order valence-corrected chi connectivity index (χ3v) is 3.98. The van der Waals surface area contributed by atoms with Crippen LogP contribution in [-0.4, -0.2) is 14.3 Å². The smallest absolute Gasteiger partial charge is 0.264 e. The topological polar surface area (TPSA) is 63.2 Å². The molecule has 0 spiro atoms. The minimum absolute atomic E-state index is 0.109. The average molecular weight is 267 g/mol. The van der Waals surface area contributed by atoms with Crippen LogP contribution in [0.15, 0.2) is 35.7 Å². The molecule has 1 amide bonds. The van der Waals surface area contributed by atoms with E-state index < -0.39 is 15.9 Å². The van der Waals surface area contributed by atoms with E-state index in [1.807, 2.05) is 18.6 Å². The van der Waals surface area contributed by atoms with E-state index in [2.05, 4.69) is 6.58 Å². The molecule has 0 aromatic heterocycles. The molecular weight excluding hydrogens is 250 g/mol. The van der Waals surface area contributed by atoms with Crippen LogP contribution in [0.1, 0.15) is 24.0 Å². The lowest BCUT2D eigenvalue weighted by Gasteiger charge is -2.08. The highest BCUT2D eigenvalue weighted by Crippen LogP contribution is 2.14. The Bertz CT molecular complexity index is 562. The first-order valence-corrected chi connectivity index (χ1v) is 7.09. The van der Waals surface area contributed by atoms with Crippen LogP contribution in [0, 0.1) is 13.8 Å². The maximum atomic E-state index is 11.9. The van der Waals surface area contributed by atoms with E-state index in [0.717, 1.165) is 11.1 Å². The number of amides is 1. The molecule has 0 unspecified atom stereocenters. The van der Waals surface area contributed by atoms with Crippen molar-refractivity contribution in [2.45, 2.75) is 31.6 Å². The number of carbonyl (C=O) groups excluding carboxylic acids is 1. The summed E-state index contributed by atoms with van der Waals surface area (Å²) < 4.78 is 25.9. The molecule has 5 heteroatoms. The summed E-state index contributed by atoms with van der Waals surface area (Å²) >= 11 is 0. The Morgan fingerprint density at radius 1 is 1.33 bits per heavy atom. The fourth-order valence-electron chi connectivity index (χ4n) is 1.37. The largest absolute Gasteiger partial charge is 0.274 e. The van der Waals surface area contributed by atoms with Gasteiger partial charge in [0.25, 0.3) is 10.0 Å². The van der Waals surface area contributed by atoms with Crippen LogP contribution < -0.4 is 4.72 Å². The van der Waals surface area contributed by atoms with Crippen LogP contribution in [0.4, 0.5) is 0 Å². The minimum Gasteiger partial charge on any atom is -0.274 e. The predicted molar refractivity (Wildman–Crippen MR) is 70.7 cm³/mol. The predicted octanol–water partition coefficient (Wildman–Crippen LogP) is 2.07. The molecule has 0 fully saturated rings. The quantitative estimate of drug-likeness (QED) is 0.831. The SMILES string of the molecule is C=CCCC(=O)NS(=O)(=O)c1ccc(C)c(C)c1. The van der Waals surface area contributed by atoms with E-state index in [-0.39, 0.29) is 11.3 Å². The van der Waals surface area contributed by atoms with Gasteiger partial charge in [-0.1, -0.05) is 12.1 Å². The lowest BCUT2D eigenvalue weighted by molar-refractivity contribution is -0.119. The summed E-state index contributed by atoms with van der Waals surface area (Å²) in [5, 5.41) is 0. The van der Waals surface area contributed by atoms with Gasteiger partial charge in [0.1, 0.15) is 0 Å². The molecule has 1 N–H and O–H groups in total. The van der Waals surface area contributed by atoms with Crippen molar-refractivity contribution in [3.05, 3.63) is 42.0 Å². The molecule has 0 aliphatic rings. The zero-order valence-corrected chi connectivity index (χ0v) is 11.4. The van der Waals surface area contributed by atoms with Crippen LogP contribution >= 0.6 is 0 Å². The second kappa shape index (κ2) is 5.82. The third-order valence-electron chi connectivity index (χ3n) is 2.61. The number of benzene rings is 1. The number of aryl methyl sites for hydroxylation is 2. The Labute approximate surface area is 108 Å². The molecule has 98 valence electrons. The molecule has 0 atom stereocenters. The van der Waals surface area contributed by atoms with E-state index in [0.29, 0.717) is 6.42 Å². The van der Waals surface area contributed by atoms with Gasteiger partial charge < -0.3 is 0 Å². The molecule has 0 radical (unpaired) electrons. The first-order valence-electron chi connectivity index (χ1n) is 5.60. The first kappa shape index (κ1) is 14.4. The van der Waals surface area contributed by atoms with E-state index >= 15 is 0 Å². The zero-order chi connectivity index (χ0) is 13.8. The maximum absolute atomic E-state index is 11.9. The lowest BCUT2D eigenvalue weighted by Crippen LogP contribution is -2.30. The second-order valence-corrected chi connectivity index (χ2v) is 5.78. The summed E-state index contributed by atoms with van der Waals surface area (Å²) in [4.78, 5) is 11.5. The average Bonchev–Trinajstić information content (AvgIpc) is 2.29. The van der Waals surface area contributed by atoms with Gasteiger partial charge in [-0.2, -0.15) is 0 Å². The molecule has 0 bridgehead atoms. The summed E-state index contributed by atoms with van der Waals surface area (Å²) in [6.45, 7) is 7.20. The maximum Gasteiger partial charge on any atom is 0.264 e. The summed E-state index contributed by atoms with van der Waals surface area (Å²) in [6, 6.07) is 4.77. The van der Waals surface area contributed by atoms with E-state index in [1.54, 1.807) is 18.2 Å². The summed E-state index contributed by atoms with van der Waals surface area (Å²) in [5.74, 6) is -0.520. The van der Waals surface area contributed by atoms with Crippen molar-refractivity contribution >= 4 is 15.9 Å². The Morgan fingerprint density at radius 2 is 2.00 bits per heavy atom. The molecular formula is C13H17NO3S. The normalized spacial score (nSPS) is 11.0. The van der Waals surface area contributed by atoms with Gasteiger partial charge in [0.2, 0.25) is 5.91 Å². The Hall–Kier alpha value is -1.62. The summed E-state index contributed by atoms with van der Waals surface area (Å²) in [6.07, 6.45) is 2.14. The van der Waals surface area contributed by atoms with Gasteiger partial charge in [-0.05, 0) is 43.5 Å². The van der Waals surface area contributed by atoms with E-state index in [4.69, 9.17) is 0 Å². The van der Waals surface area contributed by atoms with Crippen LogP contribution in [0.2, 0.25) is 0 Å². The molecule has 1 rings (SSSR count). The standard InChI is InChI=1S/C13H17NO3S/c1-4-5-6-13(15)14-18(16,17)12-8-7-10(2)11(3)9-12/h4,7-9H,1,5-6H2,2-3H3,(H,14,15). The van der Waals surface area contributed by atoms with Crippen molar-refractivity contribution in [2.24, 2.45) is 0 Å². The van der Waals surface area contributed by atoms with Crippen molar-refractivity contribution in [2.75, 3.05) is 0 Å². The number of hydrogen-bond donors (Lipinski definition) is 1. The Balaban J connectivity index is 2.89. The van der Waals surface area contributed by atoms with Gasteiger partial charge in [-0.25, -0.2) is 13.1 Å². The monoisotopic (exact) mass is 267 g/mol. The van der Waals surface area contributed by atoms with Gasteiger partial charge in [0.05, 0.1) is 4.90 Å². The van der Waals surface area contributed by atoms with Gasteiger partial charge in [-0.3, -0.25) is 4.79 Å². The Kier molecular flexibility index (Phi) is 4.67. The third kappa shape index (κ3) is 3.70. The zero-order valence-electron chi connectivity index (χ0n) is 10.6. The van der Waals surface area contributed by atoms with Gasteiger partial charge in [-0.15, -0.1) is 6.58 Å². The molecule has 4 nitrogen and oxygen atoms in total. The van der Waals surface area contributed by atoms with Crippen molar-refractivity contribution in [1.29, 1.82) is 0 Å². The molecule has 0 heterocycles. The number of rotatable bonds is 5. The molecule has 18 heavy (non-hydrogen) atoms.